The second-order valence-corrected chi connectivity index (χ2v) is 6.85. The molecule has 7 heteroatoms. The van der Waals surface area contributed by atoms with Crippen molar-refractivity contribution < 1.29 is 9.18 Å². The zero-order valence-electron chi connectivity index (χ0n) is 13.4. The Bertz CT molecular complexity index is 924. The lowest BCUT2D eigenvalue weighted by Crippen LogP contribution is -2.15. The van der Waals surface area contributed by atoms with Crippen LogP contribution in [0.25, 0.3) is 5.69 Å². The number of carbonyl (C=O) groups is 1. The summed E-state index contributed by atoms with van der Waals surface area (Å²) in [5, 5.41) is 7.50. The molecule has 0 aliphatic carbocycles. The molecule has 0 spiro atoms. The number of rotatable bonds is 2. The van der Waals surface area contributed by atoms with E-state index in [1.54, 1.807) is 34.8 Å². The lowest BCUT2D eigenvalue weighted by atomic mass is 10.1. The number of thioether (sulfide) groups is 1. The number of benzene rings is 1. The summed E-state index contributed by atoms with van der Waals surface area (Å²) in [5.41, 5.74) is 3.49. The summed E-state index contributed by atoms with van der Waals surface area (Å²) in [6.07, 6.45) is 3.54. The minimum atomic E-state index is -0.313. The fourth-order valence-corrected chi connectivity index (χ4v) is 4.12. The van der Waals surface area contributed by atoms with Crippen LogP contribution in [0.3, 0.4) is 0 Å². The summed E-state index contributed by atoms with van der Waals surface area (Å²) in [7, 11) is 0. The van der Waals surface area contributed by atoms with Crippen LogP contribution in [0.15, 0.2) is 48.8 Å². The molecule has 4 rings (SSSR count). The topological polar surface area (TPSA) is 59.8 Å². The van der Waals surface area contributed by atoms with Gasteiger partial charge in [0.05, 0.1) is 22.4 Å². The molecule has 0 saturated carbocycles. The molecule has 1 aromatic carbocycles. The van der Waals surface area contributed by atoms with Gasteiger partial charge in [-0.25, -0.2) is 9.07 Å². The Morgan fingerprint density at radius 3 is 2.80 bits per heavy atom. The molecule has 3 heterocycles. The highest BCUT2D eigenvalue weighted by atomic mass is 32.2. The zero-order valence-corrected chi connectivity index (χ0v) is 14.3. The summed E-state index contributed by atoms with van der Waals surface area (Å²) in [5.74, 6) is 0.581. The Labute approximate surface area is 148 Å². The highest BCUT2D eigenvalue weighted by Gasteiger charge is 2.30. The molecule has 0 unspecified atom stereocenters. The van der Waals surface area contributed by atoms with Gasteiger partial charge in [0.2, 0.25) is 5.91 Å². The van der Waals surface area contributed by atoms with Gasteiger partial charge in [-0.1, -0.05) is 6.07 Å². The van der Waals surface area contributed by atoms with E-state index < -0.39 is 0 Å². The summed E-state index contributed by atoms with van der Waals surface area (Å²) >= 11 is 1.55. The van der Waals surface area contributed by atoms with E-state index >= 15 is 0 Å². The summed E-state index contributed by atoms with van der Waals surface area (Å²) in [6, 6.07) is 9.93. The van der Waals surface area contributed by atoms with Crippen LogP contribution in [0.1, 0.15) is 22.1 Å². The van der Waals surface area contributed by atoms with Gasteiger partial charge in [0.25, 0.3) is 0 Å². The number of fused-ring (bicyclic) bond motifs is 1. The number of pyridine rings is 1. The average Bonchev–Trinajstić information content (AvgIpc) is 2.83. The zero-order chi connectivity index (χ0) is 17.4. The second kappa shape index (κ2) is 6.33. The first kappa shape index (κ1) is 15.8. The Morgan fingerprint density at radius 1 is 1.28 bits per heavy atom. The third-order valence-corrected chi connectivity index (χ3v) is 5.34. The van der Waals surface area contributed by atoms with Crippen molar-refractivity contribution in [3.63, 3.8) is 0 Å². The minimum Gasteiger partial charge on any atom is -0.310 e. The number of hydrogen-bond acceptors (Lipinski definition) is 4. The standard InChI is InChI=1S/C18H15FN4OS/c1-11-16-17(12-3-2-8-20-9-12)25-10-15(24)21-18(16)23(22-11)14-6-4-13(19)5-7-14/h2-9,17H,10H2,1H3,(H,21,24)/t17-/m0/s1. The van der Waals surface area contributed by atoms with Crippen molar-refractivity contribution in [3.05, 3.63) is 71.4 Å². The van der Waals surface area contributed by atoms with Gasteiger partial charge in [-0.2, -0.15) is 5.10 Å². The second-order valence-electron chi connectivity index (χ2n) is 5.76. The molecule has 126 valence electrons. The SMILES string of the molecule is Cc1nn(-c2ccc(F)cc2)c2c1[C@H](c1cccnc1)SCC(=O)N2. The molecular formula is C18H15FN4OS. The normalized spacial score (nSPS) is 16.9. The Balaban J connectivity index is 1.89. The van der Waals surface area contributed by atoms with Gasteiger partial charge in [-0.3, -0.25) is 9.78 Å². The first-order chi connectivity index (χ1) is 12.1. The predicted octanol–water partition coefficient (Wildman–Crippen LogP) is 3.49. The monoisotopic (exact) mass is 354 g/mol. The maximum atomic E-state index is 13.2. The Kier molecular flexibility index (Phi) is 4.01. The number of anilines is 1. The van der Waals surface area contributed by atoms with Crippen LogP contribution >= 0.6 is 11.8 Å². The van der Waals surface area contributed by atoms with Gasteiger partial charge in [0.1, 0.15) is 11.6 Å². The first-order valence-electron chi connectivity index (χ1n) is 7.80. The summed E-state index contributed by atoms with van der Waals surface area (Å²) in [4.78, 5) is 16.4. The summed E-state index contributed by atoms with van der Waals surface area (Å²) < 4.78 is 14.9. The van der Waals surface area contributed by atoms with Crippen molar-refractivity contribution in [1.82, 2.24) is 14.8 Å². The first-order valence-corrected chi connectivity index (χ1v) is 8.85. The van der Waals surface area contributed by atoms with Gasteiger partial charge in [0.15, 0.2) is 0 Å². The van der Waals surface area contributed by atoms with Crippen LogP contribution in [-0.2, 0) is 4.79 Å². The largest absolute Gasteiger partial charge is 0.310 e. The lowest BCUT2D eigenvalue weighted by Gasteiger charge is -2.14. The van der Waals surface area contributed by atoms with Gasteiger partial charge in [-0.15, -0.1) is 11.8 Å². The lowest BCUT2D eigenvalue weighted by molar-refractivity contribution is -0.113. The van der Waals surface area contributed by atoms with E-state index in [1.807, 2.05) is 25.3 Å². The number of carbonyl (C=O) groups excluding carboxylic acids is 1. The highest BCUT2D eigenvalue weighted by Crippen LogP contribution is 2.43. The van der Waals surface area contributed by atoms with Crippen molar-refractivity contribution in [2.24, 2.45) is 0 Å². The van der Waals surface area contributed by atoms with E-state index in [-0.39, 0.29) is 17.0 Å². The van der Waals surface area contributed by atoms with Gasteiger partial charge >= 0.3 is 0 Å². The Hall–Kier alpha value is -2.67. The van der Waals surface area contributed by atoms with E-state index in [1.165, 1.54) is 12.1 Å². The number of aryl methyl sites for hydroxylation is 1. The fourth-order valence-electron chi connectivity index (χ4n) is 2.95. The molecule has 5 nitrogen and oxygen atoms in total. The predicted molar refractivity (Wildman–Crippen MR) is 95.4 cm³/mol. The molecule has 1 amide bonds. The minimum absolute atomic E-state index is 0.0446. The van der Waals surface area contributed by atoms with Crippen molar-refractivity contribution in [3.8, 4) is 5.69 Å². The van der Waals surface area contributed by atoms with Crippen LogP contribution in [0.2, 0.25) is 0 Å². The molecule has 25 heavy (non-hydrogen) atoms. The van der Waals surface area contributed by atoms with Crippen LogP contribution in [0.4, 0.5) is 10.2 Å². The molecule has 2 aromatic heterocycles. The fraction of sp³-hybridized carbons (Fsp3) is 0.167. The maximum Gasteiger partial charge on any atom is 0.235 e. The quantitative estimate of drug-likeness (QED) is 0.765. The van der Waals surface area contributed by atoms with E-state index in [0.29, 0.717) is 17.3 Å². The van der Waals surface area contributed by atoms with Crippen LogP contribution in [-0.4, -0.2) is 26.4 Å². The van der Waals surface area contributed by atoms with Crippen LogP contribution in [0, 0.1) is 12.7 Å². The van der Waals surface area contributed by atoms with E-state index in [2.05, 4.69) is 15.4 Å². The highest BCUT2D eigenvalue weighted by molar-refractivity contribution is 8.00. The van der Waals surface area contributed by atoms with Crippen LogP contribution < -0.4 is 5.32 Å². The van der Waals surface area contributed by atoms with Crippen molar-refractivity contribution in [1.29, 1.82) is 0 Å². The number of nitrogens with zero attached hydrogens (tertiary/aromatic N) is 3. The van der Waals surface area contributed by atoms with Crippen LogP contribution in [0.5, 0.6) is 0 Å². The number of aromatic nitrogens is 3. The van der Waals surface area contributed by atoms with E-state index in [0.717, 1.165) is 16.8 Å². The molecule has 3 aromatic rings. The van der Waals surface area contributed by atoms with Crippen molar-refractivity contribution in [2.45, 2.75) is 12.2 Å². The van der Waals surface area contributed by atoms with E-state index in [4.69, 9.17) is 0 Å². The smallest absolute Gasteiger partial charge is 0.235 e. The molecule has 0 bridgehead atoms. The number of hydrogen-bond donors (Lipinski definition) is 1. The molecule has 0 saturated heterocycles. The molecule has 1 atom stereocenters. The molecule has 1 aliphatic heterocycles. The van der Waals surface area contributed by atoms with E-state index in [9.17, 15) is 9.18 Å². The Morgan fingerprint density at radius 2 is 2.08 bits per heavy atom. The van der Waals surface area contributed by atoms with Gasteiger partial charge in [0, 0.05) is 18.0 Å². The number of halogens is 1. The average molecular weight is 354 g/mol. The summed E-state index contributed by atoms with van der Waals surface area (Å²) in [6.45, 7) is 1.92. The number of amides is 1. The van der Waals surface area contributed by atoms with Gasteiger partial charge in [-0.05, 0) is 42.8 Å². The third kappa shape index (κ3) is 2.91. The van der Waals surface area contributed by atoms with Crippen molar-refractivity contribution >= 4 is 23.5 Å². The molecular weight excluding hydrogens is 339 g/mol. The number of nitrogens with one attached hydrogen (secondary N) is 1. The third-order valence-electron chi connectivity index (χ3n) is 4.07. The molecule has 0 fully saturated rings. The van der Waals surface area contributed by atoms with Crippen molar-refractivity contribution in [2.75, 3.05) is 11.1 Å². The molecule has 1 N–H and O–H groups in total. The maximum absolute atomic E-state index is 13.2. The molecule has 1 aliphatic rings. The van der Waals surface area contributed by atoms with Gasteiger partial charge < -0.3 is 5.32 Å². The molecule has 0 radical (unpaired) electrons.